The van der Waals surface area contributed by atoms with E-state index < -0.39 is 0 Å². The van der Waals surface area contributed by atoms with Crippen molar-refractivity contribution in [2.45, 2.75) is 19.8 Å². The van der Waals surface area contributed by atoms with E-state index in [0.717, 1.165) is 23.1 Å². The number of carbonyl (C=O) groups excluding carboxylic acids is 1. The summed E-state index contributed by atoms with van der Waals surface area (Å²) < 4.78 is 0. The summed E-state index contributed by atoms with van der Waals surface area (Å²) in [6.07, 6.45) is 7.08. The van der Waals surface area contributed by atoms with Crippen LogP contribution < -0.4 is 0 Å². The maximum Gasteiger partial charge on any atom is 0.163 e. The molecule has 0 N–H and O–H groups in total. The van der Waals surface area contributed by atoms with Crippen LogP contribution in [0.25, 0.3) is 5.57 Å². The van der Waals surface area contributed by atoms with E-state index in [4.69, 9.17) is 0 Å². The number of rotatable bonds is 1. The Balaban J connectivity index is 2.41. The van der Waals surface area contributed by atoms with E-state index in [2.05, 4.69) is 4.98 Å². The molecule has 66 valence electrons. The van der Waals surface area contributed by atoms with E-state index in [0.29, 0.717) is 6.42 Å². The van der Waals surface area contributed by atoms with E-state index in [-0.39, 0.29) is 5.78 Å². The highest BCUT2D eigenvalue weighted by Gasteiger charge is 2.16. The normalized spacial score (nSPS) is 16.1. The minimum Gasteiger partial charge on any atom is -0.294 e. The van der Waals surface area contributed by atoms with Crippen molar-refractivity contribution < 1.29 is 4.79 Å². The summed E-state index contributed by atoms with van der Waals surface area (Å²) in [6.45, 7) is 1.98. The highest BCUT2D eigenvalue weighted by atomic mass is 16.1. The van der Waals surface area contributed by atoms with Gasteiger partial charge in [0.25, 0.3) is 0 Å². The molecular weight excluding hydrogens is 162 g/mol. The molecule has 0 amide bonds. The molecule has 1 heterocycles. The lowest BCUT2D eigenvalue weighted by Gasteiger charge is -2.00. The van der Waals surface area contributed by atoms with Crippen LogP contribution in [0.5, 0.6) is 0 Å². The first-order chi connectivity index (χ1) is 6.27. The molecule has 0 unspecified atom stereocenters. The van der Waals surface area contributed by atoms with Gasteiger partial charge in [0, 0.05) is 30.0 Å². The van der Waals surface area contributed by atoms with Crippen LogP contribution in [0.4, 0.5) is 0 Å². The standard InChI is InChI=1S/C11H11NO/c1-8-5-9(7-12-6-8)10-3-2-4-11(10)13/h3,5-7H,2,4H2,1H3. The van der Waals surface area contributed by atoms with Crippen LogP contribution in [-0.4, -0.2) is 10.8 Å². The minimum absolute atomic E-state index is 0.243. The smallest absolute Gasteiger partial charge is 0.163 e. The maximum absolute atomic E-state index is 11.4. The van der Waals surface area contributed by atoms with Gasteiger partial charge in [-0.1, -0.05) is 6.08 Å². The number of aromatic nitrogens is 1. The zero-order chi connectivity index (χ0) is 9.26. The fraction of sp³-hybridized carbons (Fsp3) is 0.273. The van der Waals surface area contributed by atoms with Crippen LogP contribution in [0, 0.1) is 6.92 Å². The molecule has 0 saturated carbocycles. The lowest BCUT2D eigenvalue weighted by Crippen LogP contribution is -1.95. The van der Waals surface area contributed by atoms with E-state index in [1.165, 1.54) is 0 Å². The first-order valence-electron chi connectivity index (χ1n) is 4.43. The molecule has 0 saturated heterocycles. The van der Waals surface area contributed by atoms with Crippen molar-refractivity contribution in [3.8, 4) is 0 Å². The molecule has 2 nitrogen and oxygen atoms in total. The Morgan fingerprint density at radius 2 is 2.23 bits per heavy atom. The molecule has 0 bridgehead atoms. The first-order valence-corrected chi connectivity index (χ1v) is 4.43. The molecule has 0 aromatic carbocycles. The monoisotopic (exact) mass is 173 g/mol. The van der Waals surface area contributed by atoms with Crippen LogP contribution >= 0.6 is 0 Å². The third kappa shape index (κ3) is 1.52. The number of carbonyl (C=O) groups is 1. The molecule has 1 aromatic heterocycles. The Morgan fingerprint density at radius 3 is 2.85 bits per heavy atom. The van der Waals surface area contributed by atoms with Gasteiger partial charge < -0.3 is 0 Å². The fourth-order valence-electron chi connectivity index (χ4n) is 1.58. The van der Waals surface area contributed by atoms with E-state index in [9.17, 15) is 4.79 Å². The minimum atomic E-state index is 0.243. The van der Waals surface area contributed by atoms with Crippen molar-refractivity contribution in [2.24, 2.45) is 0 Å². The zero-order valence-corrected chi connectivity index (χ0v) is 7.58. The van der Waals surface area contributed by atoms with Crippen molar-refractivity contribution in [3.63, 3.8) is 0 Å². The molecule has 1 aromatic rings. The molecule has 0 spiro atoms. The maximum atomic E-state index is 11.4. The van der Waals surface area contributed by atoms with E-state index in [1.54, 1.807) is 12.4 Å². The van der Waals surface area contributed by atoms with Crippen molar-refractivity contribution in [2.75, 3.05) is 0 Å². The molecular formula is C11H11NO. The Kier molecular flexibility index (Phi) is 1.97. The second-order valence-electron chi connectivity index (χ2n) is 3.33. The third-order valence-electron chi connectivity index (χ3n) is 2.21. The summed E-state index contributed by atoms with van der Waals surface area (Å²) in [5.41, 5.74) is 2.90. The molecule has 0 atom stereocenters. The number of Topliss-reactive ketones (excluding diaryl/α,β-unsaturated/α-hetero) is 1. The van der Waals surface area contributed by atoms with Crippen LogP contribution in [0.3, 0.4) is 0 Å². The highest BCUT2D eigenvalue weighted by Crippen LogP contribution is 2.24. The molecule has 1 aliphatic carbocycles. The molecule has 0 fully saturated rings. The number of hydrogen-bond donors (Lipinski definition) is 0. The summed E-state index contributed by atoms with van der Waals surface area (Å²) in [7, 11) is 0. The molecule has 2 rings (SSSR count). The predicted molar refractivity (Wildman–Crippen MR) is 51.2 cm³/mol. The van der Waals surface area contributed by atoms with Gasteiger partial charge >= 0.3 is 0 Å². The zero-order valence-electron chi connectivity index (χ0n) is 7.58. The fourth-order valence-corrected chi connectivity index (χ4v) is 1.58. The molecule has 0 radical (unpaired) electrons. The van der Waals surface area contributed by atoms with Gasteiger partial charge in [0.05, 0.1) is 0 Å². The molecule has 13 heavy (non-hydrogen) atoms. The lowest BCUT2D eigenvalue weighted by molar-refractivity contribution is -0.113. The van der Waals surface area contributed by atoms with Gasteiger partial charge in [-0.3, -0.25) is 9.78 Å². The van der Waals surface area contributed by atoms with Gasteiger partial charge in [0.15, 0.2) is 5.78 Å². The van der Waals surface area contributed by atoms with Gasteiger partial charge in [-0.05, 0) is 25.0 Å². The van der Waals surface area contributed by atoms with Gasteiger partial charge in [0.1, 0.15) is 0 Å². The number of ketones is 1. The largest absolute Gasteiger partial charge is 0.294 e. The highest BCUT2D eigenvalue weighted by molar-refractivity contribution is 6.22. The van der Waals surface area contributed by atoms with Gasteiger partial charge in [0.2, 0.25) is 0 Å². The summed E-state index contributed by atoms with van der Waals surface area (Å²) in [6, 6.07) is 2.00. The van der Waals surface area contributed by atoms with Crippen molar-refractivity contribution in [1.82, 2.24) is 4.98 Å². The number of nitrogens with zero attached hydrogens (tertiary/aromatic N) is 1. The van der Waals surface area contributed by atoms with Gasteiger partial charge in [-0.25, -0.2) is 0 Å². The Hall–Kier alpha value is -1.44. The summed E-state index contributed by atoms with van der Waals surface area (Å²) in [4.78, 5) is 15.5. The third-order valence-corrected chi connectivity index (χ3v) is 2.21. The van der Waals surface area contributed by atoms with E-state index in [1.807, 2.05) is 19.1 Å². The molecule has 0 aliphatic heterocycles. The van der Waals surface area contributed by atoms with E-state index >= 15 is 0 Å². The Morgan fingerprint density at radius 1 is 1.38 bits per heavy atom. The number of aryl methyl sites for hydroxylation is 1. The summed E-state index contributed by atoms with van der Waals surface area (Å²) in [5, 5.41) is 0. The topological polar surface area (TPSA) is 30.0 Å². The Bertz CT molecular complexity index is 379. The average molecular weight is 173 g/mol. The number of allylic oxidation sites excluding steroid dienone is 2. The van der Waals surface area contributed by atoms with Crippen LogP contribution in [0.1, 0.15) is 24.0 Å². The summed E-state index contributed by atoms with van der Waals surface area (Å²) in [5.74, 6) is 0.243. The summed E-state index contributed by atoms with van der Waals surface area (Å²) >= 11 is 0. The van der Waals surface area contributed by atoms with Crippen LogP contribution in [0.15, 0.2) is 24.5 Å². The second kappa shape index (κ2) is 3.13. The molecule has 2 heteroatoms. The number of pyridine rings is 1. The van der Waals surface area contributed by atoms with Crippen molar-refractivity contribution >= 4 is 11.4 Å². The van der Waals surface area contributed by atoms with Gasteiger partial charge in [-0.2, -0.15) is 0 Å². The molecule has 1 aliphatic rings. The SMILES string of the molecule is Cc1cncc(C2=CCCC2=O)c1. The predicted octanol–water partition coefficient (Wildman–Crippen LogP) is 2.14. The van der Waals surface area contributed by atoms with Crippen LogP contribution in [-0.2, 0) is 4.79 Å². The van der Waals surface area contributed by atoms with Gasteiger partial charge in [-0.15, -0.1) is 0 Å². The number of hydrogen-bond acceptors (Lipinski definition) is 2. The van der Waals surface area contributed by atoms with Crippen molar-refractivity contribution in [3.05, 3.63) is 35.7 Å². The first kappa shape index (κ1) is 8.17. The second-order valence-corrected chi connectivity index (χ2v) is 3.33. The van der Waals surface area contributed by atoms with Crippen LogP contribution in [0.2, 0.25) is 0 Å². The average Bonchev–Trinajstić information content (AvgIpc) is 2.51. The quantitative estimate of drug-likeness (QED) is 0.651. The Labute approximate surface area is 77.3 Å². The van der Waals surface area contributed by atoms with Crippen molar-refractivity contribution in [1.29, 1.82) is 0 Å². The lowest BCUT2D eigenvalue weighted by atomic mass is 10.1.